The molecule has 6 heteroatoms. The van der Waals surface area contributed by atoms with Gasteiger partial charge in [-0.1, -0.05) is 6.07 Å². The first-order chi connectivity index (χ1) is 8.69. The van der Waals surface area contributed by atoms with E-state index >= 15 is 0 Å². The van der Waals surface area contributed by atoms with Crippen LogP contribution in [-0.2, 0) is 9.53 Å². The van der Waals surface area contributed by atoms with Gasteiger partial charge in [0.2, 0.25) is 0 Å². The highest BCUT2D eigenvalue weighted by molar-refractivity contribution is 7.98. The van der Waals surface area contributed by atoms with Crippen molar-refractivity contribution >= 4 is 17.7 Å². The molecule has 0 aliphatic carbocycles. The minimum Gasteiger partial charge on any atom is -0.486 e. The average Bonchev–Trinajstić information content (AvgIpc) is 2.44. The van der Waals surface area contributed by atoms with Crippen molar-refractivity contribution in [1.29, 1.82) is 0 Å². The maximum absolute atomic E-state index is 11.4. The Bertz CT molecular complexity index is 460. The number of methoxy groups -OCH3 is 1. The van der Waals surface area contributed by atoms with E-state index in [4.69, 9.17) is 9.47 Å². The molecule has 0 fully saturated rings. The molecule has 1 atom stereocenters. The van der Waals surface area contributed by atoms with Crippen LogP contribution in [0.5, 0.6) is 11.5 Å². The molecule has 1 aromatic rings. The first kappa shape index (κ1) is 13.0. The van der Waals surface area contributed by atoms with Crippen LogP contribution in [0.2, 0.25) is 0 Å². The molecule has 1 aromatic carbocycles. The number of thioether (sulfide) groups is 1. The Balaban J connectivity index is 2.45. The largest absolute Gasteiger partial charge is 0.486 e. The lowest BCUT2D eigenvalue weighted by Gasteiger charge is -2.23. The molecule has 0 saturated heterocycles. The molecule has 0 spiro atoms. The lowest BCUT2D eigenvalue weighted by molar-refractivity contribution is -0.150. The van der Waals surface area contributed by atoms with Crippen LogP contribution in [0.3, 0.4) is 0 Å². The molecule has 1 heterocycles. The van der Waals surface area contributed by atoms with Gasteiger partial charge in [-0.05, 0) is 12.3 Å². The SMILES string of the molecule is COC(=O)C(O)c1ccc2c(c1SC)OCCO2. The van der Waals surface area contributed by atoms with Gasteiger partial charge in [0.15, 0.2) is 17.6 Å². The average molecular weight is 270 g/mol. The first-order valence-electron chi connectivity index (χ1n) is 5.41. The summed E-state index contributed by atoms with van der Waals surface area (Å²) in [6.45, 7) is 0.956. The summed E-state index contributed by atoms with van der Waals surface area (Å²) in [5, 5.41) is 9.92. The maximum Gasteiger partial charge on any atom is 0.339 e. The molecular formula is C12H14O5S. The highest BCUT2D eigenvalue weighted by Gasteiger charge is 2.26. The van der Waals surface area contributed by atoms with Crippen LogP contribution in [0.1, 0.15) is 11.7 Å². The van der Waals surface area contributed by atoms with Crippen molar-refractivity contribution in [3.63, 3.8) is 0 Å². The molecule has 1 aliphatic heterocycles. The molecule has 0 bridgehead atoms. The van der Waals surface area contributed by atoms with E-state index in [1.807, 2.05) is 6.26 Å². The molecule has 0 amide bonds. The third-order valence-corrected chi connectivity index (χ3v) is 3.45. The van der Waals surface area contributed by atoms with Crippen LogP contribution in [0.15, 0.2) is 17.0 Å². The summed E-state index contributed by atoms with van der Waals surface area (Å²) in [5.41, 5.74) is 0.471. The fourth-order valence-corrected chi connectivity index (χ4v) is 2.53. The number of benzene rings is 1. The summed E-state index contributed by atoms with van der Waals surface area (Å²) in [4.78, 5) is 12.1. The van der Waals surface area contributed by atoms with Gasteiger partial charge in [-0.3, -0.25) is 0 Å². The number of esters is 1. The normalized spacial score (nSPS) is 15.1. The summed E-state index contributed by atoms with van der Waals surface area (Å²) in [5.74, 6) is 0.516. The topological polar surface area (TPSA) is 65.0 Å². The lowest BCUT2D eigenvalue weighted by atomic mass is 10.1. The maximum atomic E-state index is 11.4. The molecule has 98 valence electrons. The smallest absolute Gasteiger partial charge is 0.339 e. The molecule has 0 radical (unpaired) electrons. The second-order valence-corrected chi connectivity index (χ2v) is 4.45. The van der Waals surface area contributed by atoms with E-state index in [2.05, 4.69) is 4.74 Å². The second kappa shape index (κ2) is 5.49. The molecule has 1 N–H and O–H groups in total. The fraction of sp³-hybridized carbons (Fsp3) is 0.417. The zero-order chi connectivity index (χ0) is 13.1. The van der Waals surface area contributed by atoms with Gasteiger partial charge in [0.05, 0.1) is 12.0 Å². The van der Waals surface area contributed by atoms with Gasteiger partial charge in [-0.25, -0.2) is 4.79 Å². The molecule has 18 heavy (non-hydrogen) atoms. The van der Waals surface area contributed by atoms with Crippen molar-refractivity contribution in [2.45, 2.75) is 11.0 Å². The van der Waals surface area contributed by atoms with Gasteiger partial charge in [-0.2, -0.15) is 0 Å². The number of hydrogen-bond acceptors (Lipinski definition) is 6. The summed E-state index contributed by atoms with van der Waals surface area (Å²) >= 11 is 1.39. The third kappa shape index (κ3) is 2.26. The van der Waals surface area contributed by atoms with Crippen molar-refractivity contribution in [3.8, 4) is 11.5 Å². The number of carbonyl (C=O) groups excluding carboxylic acids is 1. The summed E-state index contributed by atoms with van der Waals surface area (Å²) in [6, 6.07) is 3.34. The minimum atomic E-state index is -1.31. The van der Waals surface area contributed by atoms with E-state index in [1.54, 1.807) is 12.1 Å². The number of aliphatic hydroxyl groups is 1. The Labute approximate surface area is 109 Å². The van der Waals surface area contributed by atoms with Crippen molar-refractivity contribution < 1.29 is 24.1 Å². The monoisotopic (exact) mass is 270 g/mol. The Hall–Kier alpha value is -1.40. The van der Waals surface area contributed by atoms with Crippen LogP contribution < -0.4 is 9.47 Å². The van der Waals surface area contributed by atoms with Crippen LogP contribution in [0, 0.1) is 0 Å². The molecule has 0 aromatic heterocycles. The van der Waals surface area contributed by atoms with E-state index in [1.165, 1.54) is 18.9 Å². The number of carbonyl (C=O) groups is 1. The number of rotatable bonds is 3. The van der Waals surface area contributed by atoms with Crippen LogP contribution in [-0.4, -0.2) is 37.7 Å². The van der Waals surface area contributed by atoms with Crippen LogP contribution >= 0.6 is 11.8 Å². The fourth-order valence-electron chi connectivity index (χ4n) is 1.77. The molecule has 1 aliphatic rings. The zero-order valence-corrected chi connectivity index (χ0v) is 11.0. The van der Waals surface area contributed by atoms with Crippen LogP contribution in [0.25, 0.3) is 0 Å². The highest BCUT2D eigenvalue weighted by atomic mass is 32.2. The van der Waals surface area contributed by atoms with Crippen molar-refractivity contribution in [2.75, 3.05) is 26.6 Å². The van der Waals surface area contributed by atoms with E-state index in [0.717, 1.165) is 0 Å². The number of aliphatic hydroxyl groups excluding tert-OH is 1. The minimum absolute atomic E-state index is 0.457. The number of fused-ring (bicyclic) bond motifs is 1. The van der Waals surface area contributed by atoms with Crippen molar-refractivity contribution in [2.24, 2.45) is 0 Å². The molecular weight excluding hydrogens is 256 g/mol. The molecule has 2 rings (SSSR count). The number of ether oxygens (including phenoxy) is 3. The van der Waals surface area contributed by atoms with Crippen molar-refractivity contribution in [1.82, 2.24) is 0 Å². The van der Waals surface area contributed by atoms with Gasteiger partial charge < -0.3 is 19.3 Å². The van der Waals surface area contributed by atoms with Crippen LogP contribution in [0.4, 0.5) is 0 Å². The van der Waals surface area contributed by atoms with E-state index in [-0.39, 0.29) is 0 Å². The predicted molar refractivity (Wildman–Crippen MR) is 66.2 cm³/mol. The van der Waals surface area contributed by atoms with E-state index < -0.39 is 12.1 Å². The molecule has 5 nitrogen and oxygen atoms in total. The summed E-state index contributed by atoms with van der Waals surface area (Å²) in [6.07, 6.45) is 0.537. The summed E-state index contributed by atoms with van der Waals surface area (Å²) < 4.78 is 15.5. The van der Waals surface area contributed by atoms with Gasteiger partial charge in [0.1, 0.15) is 13.2 Å². The molecule has 1 unspecified atom stereocenters. The van der Waals surface area contributed by atoms with Gasteiger partial charge >= 0.3 is 5.97 Å². The lowest BCUT2D eigenvalue weighted by Crippen LogP contribution is -2.18. The Morgan fingerprint density at radius 2 is 2.17 bits per heavy atom. The van der Waals surface area contributed by atoms with Crippen molar-refractivity contribution in [3.05, 3.63) is 17.7 Å². The Morgan fingerprint density at radius 3 is 2.83 bits per heavy atom. The van der Waals surface area contributed by atoms with E-state index in [0.29, 0.717) is 35.2 Å². The highest BCUT2D eigenvalue weighted by Crippen LogP contribution is 2.43. The zero-order valence-electron chi connectivity index (χ0n) is 10.1. The predicted octanol–water partition coefficient (Wildman–Crippen LogP) is 1.39. The Kier molecular flexibility index (Phi) is 3.98. The first-order valence-corrected chi connectivity index (χ1v) is 6.64. The standard InChI is InChI=1S/C12H14O5S/c1-15-12(14)9(13)7-3-4-8-10(11(7)18-2)17-6-5-16-8/h3-4,9,13H,5-6H2,1-2H3. The third-order valence-electron chi connectivity index (χ3n) is 2.62. The molecule has 0 saturated carbocycles. The number of hydrogen-bond donors (Lipinski definition) is 1. The Morgan fingerprint density at radius 1 is 1.44 bits per heavy atom. The van der Waals surface area contributed by atoms with Gasteiger partial charge in [0.25, 0.3) is 0 Å². The summed E-state index contributed by atoms with van der Waals surface area (Å²) in [7, 11) is 1.24. The quantitative estimate of drug-likeness (QED) is 0.661. The second-order valence-electron chi connectivity index (χ2n) is 3.64. The van der Waals surface area contributed by atoms with Gasteiger partial charge in [0, 0.05) is 5.56 Å². The van der Waals surface area contributed by atoms with Gasteiger partial charge in [-0.15, -0.1) is 11.8 Å². The van der Waals surface area contributed by atoms with E-state index in [9.17, 15) is 9.90 Å².